The van der Waals surface area contributed by atoms with Crippen LogP contribution >= 0.6 is 11.8 Å². The molecule has 0 aromatic carbocycles. The van der Waals surface area contributed by atoms with E-state index in [1.807, 2.05) is 11.9 Å². The minimum absolute atomic E-state index is 0.161. The van der Waals surface area contributed by atoms with E-state index in [0.717, 1.165) is 31.5 Å². The average Bonchev–Trinajstić information content (AvgIpc) is 3.01. The van der Waals surface area contributed by atoms with Gasteiger partial charge < -0.3 is 10.7 Å². The van der Waals surface area contributed by atoms with Gasteiger partial charge in [-0.25, -0.2) is 4.68 Å². The first kappa shape index (κ1) is 17.6. The molecule has 1 heterocycles. The Morgan fingerprint density at radius 1 is 1.12 bits per heavy atom. The van der Waals surface area contributed by atoms with Crippen molar-refractivity contribution in [2.45, 2.75) is 81.3 Å². The molecule has 24 heavy (non-hydrogen) atoms. The van der Waals surface area contributed by atoms with Crippen LogP contribution in [0.3, 0.4) is 0 Å². The fourth-order valence-electron chi connectivity index (χ4n) is 3.93. The topological polar surface area (TPSA) is 77.0 Å². The molecule has 0 aliphatic heterocycles. The van der Waals surface area contributed by atoms with Gasteiger partial charge in [0.2, 0.25) is 11.1 Å². The summed E-state index contributed by atoms with van der Waals surface area (Å²) < 4.78 is 1.61. The van der Waals surface area contributed by atoms with E-state index in [1.54, 1.807) is 4.68 Å². The minimum Gasteiger partial charge on any atom is -0.342 e. The second-order valence-corrected chi connectivity index (χ2v) is 8.07. The second-order valence-electron chi connectivity index (χ2n) is 7.13. The smallest absolute Gasteiger partial charge is 0.233 e. The number of carbonyl (C=O) groups is 1. The van der Waals surface area contributed by atoms with E-state index < -0.39 is 0 Å². The maximum absolute atomic E-state index is 12.4. The highest BCUT2D eigenvalue weighted by Gasteiger charge is 2.25. The van der Waals surface area contributed by atoms with Crippen molar-refractivity contribution in [2.75, 3.05) is 18.6 Å². The van der Waals surface area contributed by atoms with Crippen LogP contribution in [0, 0.1) is 0 Å². The number of amides is 1. The molecule has 0 radical (unpaired) electrons. The van der Waals surface area contributed by atoms with Gasteiger partial charge in [-0.1, -0.05) is 50.3 Å². The van der Waals surface area contributed by atoms with Gasteiger partial charge in [0, 0.05) is 19.0 Å². The number of nitrogens with zero attached hydrogens (tertiary/aromatic N) is 4. The Morgan fingerprint density at radius 3 is 2.42 bits per heavy atom. The second kappa shape index (κ2) is 8.23. The summed E-state index contributed by atoms with van der Waals surface area (Å²) in [5.74, 6) is 8.03. The highest BCUT2D eigenvalue weighted by Crippen LogP contribution is 2.32. The highest BCUT2D eigenvalue weighted by molar-refractivity contribution is 7.99. The van der Waals surface area contributed by atoms with Crippen LogP contribution in [-0.4, -0.2) is 44.5 Å². The number of hydrogen-bond donors (Lipinski definition) is 1. The van der Waals surface area contributed by atoms with E-state index in [4.69, 9.17) is 5.84 Å². The first-order chi connectivity index (χ1) is 11.7. The molecule has 6 nitrogen and oxygen atoms in total. The molecule has 2 N–H and O–H groups in total. The van der Waals surface area contributed by atoms with Crippen molar-refractivity contribution >= 4 is 17.7 Å². The van der Waals surface area contributed by atoms with Crippen LogP contribution in [0.4, 0.5) is 0 Å². The Labute approximate surface area is 148 Å². The van der Waals surface area contributed by atoms with E-state index in [2.05, 4.69) is 10.2 Å². The van der Waals surface area contributed by atoms with Crippen molar-refractivity contribution in [3.8, 4) is 0 Å². The molecule has 2 aliphatic carbocycles. The normalized spacial score (nSPS) is 20.2. The molecule has 2 fully saturated rings. The van der Waals surface area contributed by atoms with E-state index >= 15 is 0 Å². The number of aromatic nitrogens is 3. The molecule has 0 spiro atoms. The van der Waals surface area contributed by atoms with Crippen LogP contribution in [0.25, 0.3) is 0 Å². The van der Waals surface area contributed by atoms with Crippen molar-refractivity contribution in [1.82, 2.24) is 19.8 Å². The van der Waals surface area contributed by atoms with Gasteiger partial charge in [0.1, 0.15) is 0 Å². The van der Waals surface area contributed by atoms with Crippen LogP contribution in [0.1, 0.15) is 76.0 Å². The van der Waals surface area contributed by atoms with E-state index in [0.29, 0.717) is 22.9 Å². The summed E-state index contributed by atoms with van der Waals surface area (Å²) in [5, 5.41) is 9.16. The molecule has 0 bridgehead atoms. The molecule has 0 atom stereocenters. The minimum atomic E-state index is 0.161. The first-order valence-corrected chi connectivity index (χ1v) is 10.2. The zero-order valence-electron chi connectivity index (χ0n) is 14.6. The Morgan fingerprint density at radius 2 is 1.75 bits per heavy atom. The third kappa shape index (κ3) is 4.05. The van der Waals surface area contributed by atoms with Crippen molar-refractivity contribution in [1.29, 1.82) is 0 Å². The van der Waals surface area contributed by atoms with Gasteiger partial charge in [-0.05, 0) is 25.7 Å². The molecule has 1 aromatic rings. The Balaban J connectivity index is 1.54. The number of hydrogen-bond acceptors (Lipinski definition) is 5. The predicted octanol–water partition coefficient (Wildman–Crippen LogP) is 2.92. The van der Waals surface area contributed by atoms with Gasteiger partial charge in [0.15, 0.2) is 5.82 Å². The fourth-order valence-corrected chi connectivity index (χ4v) is 4.71. The molecule has 1 amide bonds. The van der Waals surface area contributed by atoms with Crippen molar-refractivity contribution in [2.24, 2.45) is 0 Å². The summed E-state index contributed by atoms with van der Waals surface area (Å²) in [6.07, 6.45) is 12.1. The average molecular weight is 352 g/mol. The largest absolute Gasteiger partial charge is 0.342 e. The van der Waals surface area contributed by atoms with E-state index in [9.17, 15) is 4.79 Å². The van der Waals surface area contributed by atoms with Crippen LogP contribution in [-0.2, 0) is 4.79 Å². The Hall–Kier alpha value is -1.24. The van der Waals surface area contributed by atoms with Gasteiger partial charge in [0.25, 0.3) is 0 Å². The summed E-state index contributed by atoms with van der Waals surface area (Å²) in [6, 6.07) is 0.403. The standard InChI is InChI=1S/C17H29N5OS/c1-21(14-10-6-3-7-11-14)15(23)12-24-17-20-19-16(22(17)18)13-8-4-2-5-9-13/h13-14H,2-12,18H2,1H3. The lowest BCUT2D eigenvalue weighted by atomic mass is 9.89. The molecule has 2 saturated carbocycles. The molecular weight excluding hydrogens is 322 g/mol. The number of carbonyl (C=O) groups excluding carboxylic acids is 1. The van der Waals surface area contributed by atoms with Crippen molar-refractivity contribution < 1.29 is 4.79 Å². The van der Waals surface area contributed by atoms with E-state index in [-0.39, 0.29) is 5.91 Å². The van der Waals surface area contributed by atoms with Gasteiger partial charge >= 0.3 is 0 Å². The summed E-state index contributed by atoms with van der Waals surface area (Å²) in [4.78, 5) is 14.4. The zero-order chi connectivity index (χ0) is 16.9. The summed E-state index contributed by atoms with van der Waals surface area (Å²) in [6.45, 7) is 0. The SMILES string of the molecule is CN(C(=O)CSc1nnc(C2CCCCC2)n1N)C1CCCCC1. The third-order valence-electron chi connectivity index (χ3n) is 5.50. The van der Waals surface area contributed by atoms with E-state index in [1.165, 1.54) is 50.3 Å². The number of nitrogen functional groups attached to an aromatic ring is 1. The van der Waals surface area contributed by atoms with Crippen LogP contribution in [0.2, 0.25) is 0 Å². The molecular formula is C17H29N5OS. The monoisotopic (exact) mass is 351 g/mol. The maximum Gasteiger partial charge on any atom is 0.233 e. The van der Waals surface area contributed by atoms with Gasteiger partial charge in [-0.3, -0.25) is 4.79 Å². The molecule has 0 saturated heterocycles. The first-order valence-electron chi connectivity index (χ1n) is 9.25. The lowest BCUT2D eigenvalue weighted by molar-refractivity contribution is -0.129. The number of thioether (sulfide) groups is 1. The van der Waals surface area contributed by atoms with Crippen LogP contribution in [0.5, 0.6) is 0 Å². The highest BCUT2D eigenvalue weighted by atomic mass is 32.2. The lowest BCUT2D eigenvalue weighted by Crippen LogP contribution is -2.39. The molecule has 1 aromatic heterocycles. The van der Waals surface area contributed by atoms with Gasteiger partial charge in [-0.15, -0.1) is 10.2 Å². The summed E-state index contributed by atoms with van der Waals surface area (Å²) in [5.41, 5.74) is 0. The molecule has 0 unspecified atom stereocenters. The van der Waals surface area contributed by atoms with Crippen LogP contribution < -0.4 is 5.84 Å². The lowest BCUT2D eigenvalue weighted by Gasteiger charge is -2.31. The number of rotatable bonds is 5. The molecule has 3 rings (SSSR count). The molecule has 134 valence electrons. The zero-order valence-corrected chi connectivity index (χ0v) is 15.4. The summed E-state index contributed by atoms with van der Waals surface area (Å²) >= 11 is 1.41. The third-order valence-corrected chi connectivity index (χ3v) is 6.43. The quantitative estimate of drug-likeness (QED) is 0.652. The Kier molecular flexibility index (Phi) is 6.03. The van der Waals surface area contributed by atoms with Gasteiger partial charge in [-0.2, -0.15) is 0 Å². The number of nitrogens with two attached hydrogens (primary N) is 1. The Bertz CT molecular complexity index is 549. The van der Waals surface area contributed by atoms with Crippen molar-refractivity contribution in [3.05, 3.63) is 5.82 Å². The fraction of sp³-hybridized carbons (Fsp3) is 0.824. The van der Waals surface area contributed by atoms with Crippen LogP contribution in [0.15, 0.2) is 5.16 Å². The summed E-state index contributed by atoms with van der Waals surface area (Å²) in [7, 11) is 1.93. The molecule has 7 heteroatoms. The predicted molar refractivity (Wildman–Crippen MR) is 96.4 cm³/mol. The molecule has 2 aliphatic rings. The van der Waals surface area contributed by atoms with Crippen molar-refractivity contribution in [3.63, 3.8) is 0 Å². The van der Waals surface area contributed by atoms with Gasteiger partial charge in [0.05, 0.1) is 5.75 Å². The maximum atomic E-state index is 12.4.